The van der Waals surface area contributed by atoms with E-state index < -0.39 is 0 Å². The van der Waals surface area contributed by atoms with Crippen LogP contribution >= 0.6 is 0 Å². The maximum atomic E-state index is 5.84. The van der Waals surface area contributed by atoms with Crippen molar-refractivity contribution >= 4 is 0 Å². The Hall–Kier alpha value is -0.940. The van der Waals surface area contributed by atoms with Gasteiger partial charge in [-0.05, 0) is 27.7 Å². The van der Waals surface area contributed by atoms with Crippen LogP contribution in [0.1, 0.15) is 32.5 Å². The predicted molar refractivity (Wildman–Crippen MR) is 58.9 cm³/mol. The summed E-state index contributed by atoms with van der Waals surface area (Å²) in [5, 5.41) is 3.79. The molecule has 0 spiro atoms. The number of aromatic nitrogens is 2. The molecule has 1 fully saturated rings. The number of morpholine rings is 1. The Kier molecular flexibility index (Phi) is 2.99. The highest BCUT2D eigenvalue weighted by Crippen LogP contribution is 2.21. The van der Waals surface area contributed by atoms with Crippen molar-refractivity contribution in [3.05, 3.63) is 11.7 Å². The van der Waals surface area contributed by atoms with Gasteiger partial charge in [0.05, 0.1) is 18.2 Å². The molecule has 0 aromatic carbocycles. The van der Waals surface area contributed by atoms with E-state index in [9.17, 15) is 0 Å². The van der Waals surface area contributed by atoms with Crippen LogP contribution in [-0.4, -0.2) is 39.8 Å². The third-order valence-corrected chi connectivity index (χ3v) is 2.57. The van der Waals surface area contributed by atoms with E-state index in [1.54, 1.807) is 0 Å². The van der Waals surface area contributed by atoms with E-state index in [0.29, 0.717) is 18.3 Å². The Balaban J connectivity index is 1.99. The van der Waals surface area contributed by atoms with Gasteiger partial charge in [-0.1, -0.05) is 5.16 Å². The van der Waals surface area contributed by atoms with Gasteiger partial charge in [0, 0.05) is 13.1 Å². The number of ether oxygens (including phenoxy) is 1. The zero-order valence-electron chi connectivity index (χ0n) is 10.4. The maximum Gasteiger partial charge on any atom is 0.240 e. The van der Waals surface area contributed by atoms with Crippen LogP contribution in [0.2, 0.25) is 0 Å². The molecule has 0 aliphatic carbocycles. The van der Waals surface area contributed by atoms with Crippen molar-refractivity contribution in [2.24, 2.45) is 0 Å². The minimum atomic E-state index is -0.104. The minimum absolute atomic E-state index is 0.104. The molecule has 1 aliphatic rings. The second kappa shape index (κ2) is 4.14. The van der Waals surface area contributed by atoms with E-state index in [2.05, 4.69) is 35.8 Å². The lowest BCUT2D eigenvalue weighted by Gasteiger charge is -2.41. The van der Waals surface area contributed by atoms with Gasteiger partial charge in [0.2, 0.25) is 5.89 Å². The number of nitrogens with zero attached hydrogens (tertiary/aromatic N) is 3. The highest BCUT2D eigenvalue weighted by Gasteiger charge is 2.31. The van der Waals surface area contributed by atoms with Gasteiger partial charge in [-0.15, -0.1) is 0 Å². The van der Waals surface area contributed by atoms with Crippen LogP contribution in [0.5, 0.6) is 0 Å². The fourth-order valence-electron chi connectivity index (χ4n) is 2.30. The fraction of sp³-hybridized carbons (Fsp3) is 0.818. The maximum absolute atomic E-state index is 5.84. The molecule has 1 unspecified atom stereocenters. The van der Waals surface area contributed by atoms with Gasteiger partial charge in [-0.3, -0.25) is 4.90 Å². The molecule has 0 radical (unpaired) electrons. The lowest BCUT2D eigenvalue weighted by Crippen LogP contribution is -2.51. The average Bonchev–Trinajstić information content (AvgIpc) is 2.46. The van der Waals surface area contributed by atoms with E-state index in [0.717, 1.165) is 13.1 Å². The third kappa shape index (κ3) is 2.80. The molecule has 5 nitrogen and oxygen atoms in total. The second-order valence-corrected chi connectivity index (χ2v) is 5.09. The number of hydrogen-bond donors (Lipinski definition) is 0. The first-order chi connectivity index (χ1) is 7.44. The van der Waals surface area contributed by atoms with Crippen LogP contribution in [0.4, 0.5) is 0 Å². The van der Waals surface area contributed by atoms with E-state index >= 15 is 0 Å². The summed E-state index contributed by atoms with van der Waals surface area (Å²) in [6, 6.07) is 0. The molecule has 0 N–H and O–H groups in total. The lowest BCUT2D eigenvalue weighted by molar-refractivity contribution is -0.132. The Morgan fingerprint density at radius 2 is 2.25 bits per heavy atom. The van der Waals surface area contributed by atoms with Gasteiger partial charge in [-0.2, -0.15) is 4.98 Å². The smallest absolute Gasteiger partial charge is 0.240 e. The molecule has 0 amide bonds. The summed E-state index contributed by atoms with van der Waals surface area (Å²) in [6.45, 7) is 10.6. The summed E-state index contributed by atoms with van der Waals surface area (Å²) in [6.07, 6.45) is 0.243. The van der Waals surface area contributed by atoms with Crippen molar-refractivity contribution in [2.45, 2.75) is 45.9 Å². The highest BCUT2D eigenvalue weighted by atomic mass is 16.5. The van der Waals surface area contributed by atoms with Crippen molar-refractivity contribution in [3.63, 3.8) is 0 Å². The van der Waals surface area contributed by atoms with Crippen molar-refractivity contribution in [1.82, 2.24) is 15.0 Å². The largest absolute Gasteiger partial charge is 0.370 e. The monoisotopic (exact) mass is 225 g/mol. The summed E-state index contributed by atoms with van der Waals surface area (Å²) in [5.74, 6) is 1.37. The first-order valence-corrected chi connectivity index (χ1v) is 5.64. The van der Waals surface area contributed by atoms with Crippen molar-refractivity contribution in [1.29, 1.82) is 0 Å². The van der Waals surface area contributed by atoms with Crippen LogP contribution in [0.25, 0.3) is 0 Å². The Labute approximate surface area is 95.8 Å². The highest BCUT2D eigenvalue weighted by molar-refractivity contribution is 4.87. The molecule has 2 heterocycles. The molecule has 90 valence electrons. The molecule has 1 aromatic rings. The van der Waals surface area contributed by atoms with Crippen molar-refractivity contribution in [2.75, 3.05) is 13.1 Å². The van der Waals surface area contributed by atoms with Gasteiger partial charge in [0.15, 0.2) is 5.82 Å². The van der Waals surface area contributed by atoms with E-state index in [4.69, 9.17) is 9.26 Å². The zero-order valence-corrected chi connectivity index (χ0v) is 10.4. The standard InChI is InChI=1S/C11H19N3O2/c1-8-5-14(7-11(3,4)15-8)6-10-12-9(2)13-16-10/h8H,5-7H2,1-4H3. The molecular weight excluding hydrogens is 206 g/mol. The number of aryl methyl sites for hydroxylation is 1. The molecular formula is C11H19N3O2. The molecule has 0 saturated carbocycles. The first-order valence-electron chi connectivity index (χ1n) is 5.64. The van der Waals surface area contributed by atoms with E-state index in [1.165, 1.54) is 0 Å². The van der Waals surface area contributed by atoms with Gasteiger partial charge < -0.3 is 9.26 Å². The molecule has 1 aliphatic heterocycles. The molecule has 16 heavy (non-hydrogen) atoms. The van der Waals surface area contributed by atoms with Crippen LogP contribution in [0.3, 0.4) is 0 Å². The molecule has 1 aromatic heterocycles. The third-order valence-electron chi connectivity index (χ3n) is 2.57. The summed E-state index contributed by atoms with van der Waals surface area (Å²) >= 11 is 0. The lowest BCUT2D eigenvalue weighted by atomic mass is 10.1. The van der Waals surface area contributed by atoms with Crippen LogP contribution in [-0.2, 0) is 11.3 Å². The first kappa shape index (κ1) is 11.5. The van der Waals surface area contributed by atoms with Gasteiger partial charge in [0.1, 0.15) is 0 Å². The molecule has 2 rings (SSSR count). The molecule has 1 atom stereocenters. The molecule has 1 saturated heterocycles. The van der Waals surface area contributed by atoms with Crippen molar-refractivity contribution < 1.29 is 9.26 Å². The normalized spacial score (nSPS) is 25.9. The summed E-state index contributed by atoms with van der Waals surface area (Å²) in [4.78, 5) is 6.51. The topological polar surface area (TPSA) is 51.4 Å². The quantitative estimate of drug-likeness (QED) is 0.761. The fourth-order valence-corrected chi connectivity index (χ4v) is 2.30. The van der Waals surface area contributed by atoms with Gasteiger partial charge in [-0.25, -0.2) is 0 Å². The van der Waals surface area contributed by atoms with E-state index in [-0.39, 0.29) is 11.7 Å². The Morgan fingerprint density at radius 3 is 2.81 bits per heavy atom. The van der Waals surface area contributed by atoms with Crippen LogP contribution < -0.4 is 0 Å². The SMILES string of the molecule is Cc1noc(CN2CC(C)OC(C)(C)C2)n1. The van der Waals surface area contributed by atoms with Crippen molar-refractivity contribution in [3.8, 4) is 0 Å². The van der Waals surface area contributed by atoms with Crippen LogP contribution in [0, 0.1) is 6.92 Å². The predicted octanol–water partition coefficient (Wildman–Crippen LogP) is 1.38. The summed E-state index contributed by atoms with van der Waals surface area (Å²) in [5.41, 5.74) is -0.104. The number of rotatable bonds is 2. The Bertz CT molecular complexity index is 362. The number of hydrogen-bond acceptors (Lipinski definition) is 5. The van der Waals surface area contributed by atoms with Gasteiger partial charge in [0.25, 0.3) is 0 Å². The zero-order chi connectivity index (χ0) is 11.8. The van der Waals surface area contributed by atoms with Gasteiger partial charge >= 0.3 is 0 Å². The average molecular weight is 225 g/mol. The minimum Gasteiger partial charge on any atom is -0.370 e. The van der Waals surface area contributed by atoms with Crippen LogP contribution in [0.15, 0.2) is 4.52 Å². The molecule has 0 bridgehead atoms. The van der Waals surface area contributed by atoms with E-state index in [1.807, 2.05) is 6.92 Å². The molecule has 5 heteroatoms. The second-order valence-electron chi connectivity index (χ2n) is 5.09. The summed E-state index contributed by atoms with van der Waals surface area (Å²) in [7, 11) is 0. The Morgan fingerprint density at radius 1 is 1.50 bits per heavy atom. The summed E-state index contributed by atoms with van der Waals surface area (Å²) < 4.78 is 11.0.